The average molecular weight is 492 g/mol. The zero-order valence-electron chi connectivity index (χ0n) is 20.0. The molecule has 0 bridgehead atoms. The molecule has 2 heterocycles. The van der Waals surface area contributed by atoms with E-state index in [4.69, 9.17) is 0 Å². The molecule has 0 radical (unpaired) electrons. The molecule has 1 aliphatic carbocycles. The van der Waals surface area contributed by atoms with Crippen LogP contribution >= 0.6 is 0 Å². The Bertz CT molecular complexity index is 1090. The zero-order chi connectivity index (χ0) is 24.7. The zero-order valence-corrected chi connectivity index (χ0v) is 20.8. The van der Waals surface area contributed by atoms with Crippen molar-refractivity contribution in [1.82, 2.24) is 25.0 Å². The van der Waals surface area contributed by atoms with Crippen molar-refractivity contribution >= 4 is 27.9 Å². The van der Waals surface area contributed by atoms with Crippen LogP contribution in [0, 0.1) is 19.8 Å². The second-order valence-electron chi connectivity index (χ2n) is 9.82. The molecule has 3 fully saturated rings. The van der Waals surface area contributed by atoms with E-state index >= 15 is 0 Å². The third-order valence-electron chi connectivity index (χ3n) is 7.17. The quantitative estimate of drug-likeness (QED) is 0.597. The van der Waals surface area contributed by atoms with Crippen molar-refractivity contribution in [3.8, 4) is 0 Å². The number of nitrogens with zero attached hydrogens (tertiary/aromatic N) is 3. The molecule has 1 saturated carbocycles. The van der Waals surface area contributed by atoms with Gasteiger partial charge >= 0.3 is 6.03 Å². The molecule has 3 aliphatic rings. The molecular weight excluding hydrogens is 458 g/mol. The Morgan fingerprint density at radius 3 is 2.38 bits per heavy atom. The fraction of sp³-hybridized carbons (Fsp3) is 0.609. The number of carbonyl (C=O) groups excluding carboxylic acids is 3. The van der Waals surface area contributed by atoms with Crippen molar-refractivity contribution in [3.05, 3.63) is 29.3 Å². The summed E-state index contributed by atoms with van der Waals surface area (Å²) >= 11 is 0. The van der Waals surface area contributed by atoms with Gasteiger partial charge in [-0.2, -0.15) is 9.31 Å². The Kier molecular flexibility index (Phi) is 6.71. The van der Waals surface area contributed by atoms with Gasteiger partial charge in [0, 0.05) is 26.2 Å². The minimum Gasteiger partial charge on any atom is -0.322 e. The number of amides is 4. The highest BCUT2D eigenvalue weighted by molar-refractivity contribution is 7.89. The van der Waals surface area contributed by atoms with Crippen molar-refractivity contribution in [2.45, 2.75) is 56.9 Å². The molecule has 0 atom stereocenters. The maximum absolute atomic E-state index is 13.1. The van der Waals surface area contributed by atoms with Gasteiger partial charge in [-0.05, 0) is 57.1 Å². The molecule has 186 valence electrons. The number of aryl methyl sites for hydroxylation is 2. The number of nitrogens with one attached hydrogen (secondary N) is 2. The Morgan fingerprint density at radius 2 is 1.76 bits per heavy atom. The number of hydrazine groups is 1. The maximum atomic E-state index is 13.1. The van der Waals surface area contributed by atoms with E-state index in [1.54, 1.807) is 19.1 Å². The van der Waals surface area contributed by atoms with Gasteiger partial charge in [-0.15, -0.1) is 0 Å². The fourth-order valence-electron chi connectivity index (χ4n) is 5.03. The van der Waals surface area contributed by atoms with Crippen LogP contribution in [-0.4, -0.2) is 78.7 Å². The largest absolute Gasteiger partial charge is 0.344 e. The minimum absolute atomic E-state index is 0.0292. The van der Waals surface area contributed by atoms with Gasteiger partial charge in [-0.3, -0.25) is 19.9 Å². The number of hydrogen-bond acceptors (Lipinski definition) is 6. The van der Waals surface area contributed by atoms with Crippen molar-refractivity contribution in [2.75, 3.05) is 32.7 Å². The molecule has 4 amide bonds. The van der Waals surface area contributed by atoms with E-state index in [2.05, 4.69) is 17.7 Å². The Morgan fingerprint density at radius 1 is 1.12 bits per heavy atom. The van der Waals surface area contributed by atoms with E-state index in [1.165, 1.54) is 4.31 Å². The highest BCUT2D eigenvalue weighted by atomic mass is 32.2. The molecule has 1 aromatic carbocycles. The summed E-state index contributed by atoms with van der Waals surface area (Å²) < 4.78 is 27.6. The average Bonchev–Trinajstić information content (AvgIpc) is 3.00. The van der Waals surface area contributed by atoms with Crippen LogP contribution in [0.5, 0.6) is 0 Å². The maximum Gasteiger partial charge on any atom is 0.344 e. The summed E-state index contributed by atoms with van der Waals surface area (Å²) in [6, 6.07) is 4.67. The van der Waals surface area contributed by atoms with Gasteiger partial charge < -0.3 is 5.32 Å². The van der Waals surface area contributed by atoms with Crippen LogP contribution < -0.4 is 10.7 Å². The smallest absolute Gasteiger partial charge is 0.322 e. The van der Waals surface area contributed by atoms with Crippen LogP contribution in [-0.2, 0) is 19.6 Å². The molecule has 11 heteroatoms. The SMILES string of the molecule is Cc1ccc(S(=O)(=O)N2CCN(CC(=O)NN3C(=O)NC4(CCC(C)CC4)C3=O)CC2)c(C)c1. The van der Waals surface area contributed by atoms with Gasteiger partial charge in [0.15, 0.2) is 0 Å². The van der Waals surface area contributed by atoms with Crippen LogP contribution in [0.2, 0.25) is 0 Å². The Hall–Kier alpha value is -2.50. The predicted molar refractivity (Wildman–Crippen MR) is 125 cm³/mol. The van der Waals surface area contributed by atoms with E-state index in [0.717, 1.165) is 23.4 Å². The molecular formula is C23H33N5O5S. The van der Waals surface area contributed by atoms with Crippen LogP contribution in [0.25, 0.3) is 0 Å². The first-order chi connectivity index (χ1) is 16.0. The number of hydrogen-bond donors (Lipinski definition) is 2. The minimum atomic E-state index is -3.61. The van der Waals surface area contributed by atoms with E-state index in [0.29, 0.717) is 42.3 Å². The van der Waals surface area contributed by atoms with Gasteiger partial charge in [-0.1, -0.05) is 24.6 Å². The Balaban J connectivity index is 1.31. The number of urea groups is 1. The van der Waals surface area contributed by atoms with E-state index in [-0.39, 0.29) is 19.6 Å². The second kappa shape index (κ2) is 9.27. The number of benzene rings is 1. The Labute approximate surface area is 200 Å². The van der Waals surface area contributed by atoms with E-state index in [1.807, 2.05) is 17.9 Å². The van der Waals surface area contributed by atoms with Crippen LogP contribution in [0.3, 0.4) is 0 Å². The number of rotatable bonds is 5. The van der Waals surface area contributed by atoms with Crippen molar-refractivity contribution in [1.29, 1.82) is 0 Å². The van der Waals surface area contributed by atoms with Crippen molar-refractivity contribution in [3.63, 3.8) is 0 Å². The monoisotopic (exact) mass is 491 g/mol. The lowest BCUT2D eigenvalue weighted by Gasteiger charge is -2.34. The number of carbonyl (C=O) groups is 3. The number of sulfonamides is 1. The molecule has 2 aliphatic heterocycles. The summed E-state index contributed by atoms with van der Waals surface area (Å²) in [6.45, 7) is 7.06. The predicted octanol–water partition coefficient (Wildman–Crippen LogP) is 1.14. The standard InChI is InChI=1S/C23H33N5O5S/c1-16-6-8-23(9-7-16)21(30)28(22(31)24-23)25-20(29)15-26-10-12-27(13-11-26)34(32,33)19-5-4-17(2)14-18(19)3/h4-5,14,16H,6-13,15H2,1-3H3,(H,24,31)(H,25,29). The molecule has 0 unspecified atom stereocenters. The summed E-state index contributed by atoms with van der Waals surface area (Å²) in [6.07, 6.45) is 2.84. The summed E-state index contributed by atoms with van der Waals surface area (Å²) in [4.78, 5) is 40.0. The lowest BCUT2D eigenvalue weighted by Crippen LogP contribution is -2.55. The summed E-state index contributed by atoms with van der Waals surface area (Å²) in [7, 11) is -3.61. The van der Waals surface area contributed by atoms with E-state index in [9.17, 15) is 22.8 Å². The first-order valence-corrected chi connectivity index (χ1v) is 13.2. The lowest BCUT2D eigenvalue weighted by molar-refractivity contribution is -0.140. The van der Waals surface area contributed by atoms with Crippen molar-refractivity contribution < 1.29 is 22.8 Å². The molecule has 0 aromatic heterocycles. The van der Waals surface area contributed by atoms with Gasteiger partial charge in [-0.25, -0.2) is 13.2 Å². The number of imide groups is 1. The fourth-order valence-corrected chi connectivity index (χ4v) is 6.66. The molecule has 10 nitrogen and oxygen atoms in total. The van der Waals surface area contributed by atoms with Crippen LogP contribution in [0.15, 0.2) is 23.1 Å². The lowest BCUT2D eigenvalue weighted by atomic mass is 9.77. The summed E-state index contributed by atoms with van der Waals surface area (Å²) in [5.41, 5.74) is 3.25. The number of piperazine rings is 1. The summed E-state index contributed by atoms with van der Waals surface area (Å²) in [5, 5.41) is 3.59. The van der Waals surface area contributed by atoms with Crippen LogP contribution in [0.1, 0.15) is 43.7 Å². The normalized spacial score (nSPS) is 26.7. The third kappa shape index (κ3) is 4.69. The molecule has 2 N–H and O–H groups in total. The molecule has 34 heavy (non-hydrogen) atoms. The topological polar surface area (TPSA) is 119 Å². The van der Waals surface area contributed by atoms with Gasteiger partial charge in [0.2, 0.25) is 10.0 Å². The first-order valence-electron chi connectivity index (χ1n) is 11.8. The molecule has 1 aromatic rings. The highest BCUT2D eigenvalue weighted by Gasteiger charge is 2.53. The molecule has 1 spiro atoms. The first kappa shape index (κ1) is 24.6. The van der Waals surface area contributed by atoms with Crippen molar-refractivity contribution in [2.24, 2.45) is 5.92 Å². The summed E-state index contributed by atoms with van der Waals surface area (Å²) in [5.74, 6) is -0.367. The highest BCUT2D eigenvalue weighted by Crippen LogP contribution is 2.35. The second-order valence-corrected chi connectivity index (χ2v) is 11.7. The van der Waals surface area contributed by atoms with Gasteiger partial charge in [0.25, 0.3) is 11.8 Å². The molecule has 4 rings (SSSR count). The van der Waals surface area contributed by atoms with Gasteiger partial charge in [0.1, 0.15) is 5.54 Å². The van der Waals surface area contributed by atoms with Crippen LogP contribution in [0.4, 0.5) is 4.79 Å². The molecule has 2 saturated heterocycles. The third-order valence-corrected chi connectivity index (χ3v) is 9.23. The van der Waals surface area contributed by atoms with Gasteiger partial charge in [0.05, 0.1) is 11.4 Å². The van der Waals surface area contributed by atoms with E-state index < -0.39 is 33.4 Å².